The van der Waals surface area contributed by atoms with Crippen LogP contribution in [0.25, 0.3) is 11.4 Å². The van der Waals surface area contributed by atoms with Gasteiger partial charge >= 0.3 is 0 Å². The van der Waals surface area contributed by atoms with Gasteiger partial charge in [-0.1, -0.05) is 43.0 Å². The molecule has 1 atom stereocenters. The van der Waals surface area contributed by atoms with Gasteiger partial charge in [0.05, 0.1) is 12.4 Å². The van der Waals surface area contributed by atoms with Crippen molar-refractivity contribution in [3.8, 4) is 17.1 Å². The molecule has 0 radical (unpaired) electrons. The summed E-state index contributed by atoms with van der Waals surface area (Å²) in [4.78, 5) is 16.9. The highest BCUT2D eigenvalue weighted by molar-refractivity contribution is 8.00. The molecule has 0 spiro atoms. The number of aromatic amines is 1. The van der Waals surface area contributed by atoms with Gasteiger partial charge in [0, 0.05) is 11.3 Å². The molecular weight excluding hydrogens is 360 g/mol. The minimum Gasteiger partial charge on any atom is -0.497 e. The number of carbonyl (C=O) groups is 1. The average molecular weight is 382 g/mol. The number of H-pyrrole nitrogens is 1. The van der Waals surface area contributed by atoms with Crippen molar-refractivity contribution in [1.29, 1.82) is 0 Å². The maximum Gasteiger partial charge on any atom is 0.237 e. The monoisotopic (exact) mass is 382 g/mol. The SMILES string of the molecule is CCc1ccc(-c2nc(S[C@@H](C)C(=O)Nc3ccc(OC)cc3)n[nH]2)cc1. The molecule has 0 unspecified atom stereocenters. The molecule has 2 N–H and O–H groups in total. The molecule has 1 heterocycles. The van der Waals surface area contributed by atoms with E-state index < -0.39 is 0 Å². The van der Waals surface area contributed by atoms with Crippen molar-refractivity contribution in [2.24, 2.45) is 0 Å². The molecule has 0 bridgehead atoms. The number of carbonyl (C=O) groups excluding carboxylic acids is 1. The Kier molecular flexibility index (Phi) is 6.13. The minimum absolute atomic E-state index is 0.108. The Bertz CT molecular complexity index is 891. The second kappa shape index (κ2) is 8.73. The molecule has 140 valence electrons. The van der Waals surface area contributed by atoms with E-state index in [9.17, 15) is 4.79 Å². The van der Waals surface area contributed by atoms with Crippen LogP contribution < -0.4 is 10.1 Å². The summed E-state index contributed by atoms with van der Waals surface area (Å²) in [6.45, 7) is 3.95. The van der Waals surface area contributed by atoms with Crippen LogP contribution >= 0.6 is 11.8 Å². The van der Waals surface area contributed by atoms with Crippen molar-refractivity contribution in [2.75, 3.05) is 12.4 Å². The number of ether oxygens (including phenoxy) is 1. The molecule has 27 heavy (non-hydrogen) atoms. The van der Waals surface area contributed by atoms with Crippen LogP contribution in [0.5, 0.6) is 5.75 Å². The second-order valence-corrected chi connectivity index (χ2v) is 7.30. The fourth-order valence-corrected chi connectivity index (χ4v) is 3.18. The number of aryl methyl sites for hydroxylation is 1. The number of methoxy groups -OCH3 is 1. The van der Waals surface area contributed by atoms with Gasteiger partial charge in [0.25, 0.3) is 0 Å². The first-order chi connectivity index (χ1) is 13.1. The standard InChI is InChI=1S/C20H22N4O2S/c1-4-14-5-7-15(8-6-14)18-22-20(24-23-18)27-13(2)19(25)21-16-9-11-17(26-3)12-10-16/h5-13H,4H2,1-3H3,(H,21,25)(H,22,23,24)/t13-/m0/s1. The molecule has 2 aromatic carbocycles. The third-order valence-electron chi connectivity index (χ3n) is 4.11. The van der Waals surface area contributed by atoms with Crippen LogP contribution in [0.3, 0.4) is 0 Å². The second-order valence-electron chi connectivity index (χ2n) is 5.99. The van der Waals surface area contributed by atoms with Gasteiger partial charge in [0.15, 0.2) is 5.82 Å². The highest BCUT2D eigenvalue weighted by atomic mass is 32.2. The quantitative estimate of drug-likeness (QED) is 0.600. The lowest BCUT2D eigenvalue weighted by atomic mass is 10.1. The summed E-state index contributed by atoms with van der Waals surface area (Å²) >= 11 is 1.31. The van der Waals surface area contributed by atoms with Crippen molar-refractivity contribution < 1.29 is 9.53 Å². The lowest BCUT2D eigenvalue weighted by Gasteiger charge is -2.10. The topological polar surface area (TPSA) is 79.9 Å². The first-order valence-electron chi connectivity index (χ1n) is 8.72. The summed E-state index contributed by atoms with van der Waals surface area (Å²) < 4.78 is 5.12. The van der Waals surface area contributed by atoms with Gasteiger partial charge in [-0.2, -0.15) is 0 Å². The van der Waals surface area contributed by atoms with Crippen molar-refractivity contribution >= 4 is 23.4 Å². The van der Waals surface area contributed by atoms with E-state index in [1.807, 2.05) is 19.1 Å². The molecule has 3 aromatic rings. The molecule has 0 saturated heterocycles. The molecule has 0 fully saturated rings. The van der Waals surface area contributed by atoms with Crippen LogP contribution in [-0.4, -0.2) is 33.4 Å². The minimum atomic E-state index is -0.335. The van der Waals surface area contributed by atoms with E-state index in [1.165, 1.54) is 17.3 Å². The molecule has 7 heteroatoms. The van der Waals surface area contributed by atoms with Gasteiger partial charge in [0.1, 0.15) is 5.75 Å². The molecule has 1 aromatic heterocycles. The number of benzene rings is 2. The van der Waals surface area contributed by atoms with Gasteiger partial charge in [-0.05, 0) is 43.2 Å². The molecule has 3 rings (SSSR count). The van der Waals surface area contributed by atoms with Gasteiger partial charge < -0.3 is 10.1 Å². The summed E-state index contributed by atoms with van der Waals surface area (Å²) in [5.74, 6) is 1.34. The molecular formula is C20H22N4O2S. The van der Waals surface area contributed by atoms with Crippen LogP contribution in [-0.2, 0) is 11.2 Å². The fraction of sp³-hybridized carbons (Fsp3) is 0.250. The van der Waals surface area contributed by atoms with E-state index in [4.69, 9.17) is 4.74 Å². The smallest absolute Gasteiger partial charge is 0.237 e. The number of amides is 1. The van der Waals surface area contributed by atoms with Crippen LogP contribution in [0.2, 0.25) is 0 Å². The number of hydrogen-bond acceptors (Lipinski definition) is 5. The van der Waals surface area contributed by atoms with E-state index in [1.54, 1.807) is 31.4 Å². The Morgan fingerprint density at radius 1 is 1.19 bits per heavy atom. The first-order valence-corrected chi connectivity index (χ1v) is 9.60. The summed E-state index contributed by atoms with van der Waals surface area (Å²) in [6.07, 6.45) is 0.999. The molecule has 0 aliphatic carbocycles. The maximum absolute atomic E-state index is 12.4. The summed E-state index contributed by atoms with van der Waals surface area (Å²) in [5.41, 5.74) is 2.97. The summed E-state index contributed by atoms with van der Waals surface area (Å²) in [7, 11) is 1.61. The van der Waals surface area contributed by atoms with E-state index >= 15 is 0 Å². The van der Waals surface area contributed by atoms with Crippen molar-refractivity contribution in [1.82, 2.24) is 15.2 Å². The lowest BCUT2D eigenvalue weighted by Crippen LogP contribution is -2.22. The van der Waals surface area contributed by atoms with Crippen molar-refractivity contribution in [3.63, 3.8) is 0 Å². The third kappa shape index (κ3) is 4.89. The van der Waals surface area contributed by atoms with Crippen LogP contribution in [0.1, 0.15) is 19.4 Å². The Balaban J connectivity index is 1.60. The lowest BCUT2D eigenvalue weighted by molar-refractivity contribution is -0.115. The van der Waals surface area contributed by atoms with E-state index in [0.717, 1.165) is 23.4 Å². The van der Waals surface area contributed by atoms with E-state index in [-0.39, 0.29) is 11.2 Å². The van der Waals surface area contributed by atoms with Gasteiger partial charge in [-0.25, -0.2) is 4.98 Å². The zero-order valence-electron chi connectivity index (χ0n) is 15.5. The predicted molar refractivity (Wildman–Crippen MR) is 108 cm³/mol. The Morgan fingerprint density at radius 2 is 1.89 bits per heavy atom. The predicted octanol–water partition coefficient (Wildman–Crippen LogP) is 4.16. The number of thioether (sulfide) groups is 1. The molecule has 6 nitrogen and oxygen atoms in total. The number of nitrogens with one attached hydrogen (secondary N) is 2. The summed E-state index contributed by atoms with van der Waals surface area (Å²) in [5, 5.41) is 10.2. The summed E-state index contributed by atoms with van der Waals surface area (Å²) in [6, 6.07) is 15.4. The highest BCUT2D eigenvalue weighted by Gasteiger charge is 2.17. The average Bonchev–Trinajstić information content (AvgIpc) is 3.17. The first kappa shape index (κ1) is 19.0. The number of hydrogen-bond donors (Lipinski definition) is 2. The molecule has 0 aliphatic rings. The molecule has 0 aliphatic heterocycles. The number of anilines is 1. The third-order valence-corrected chi connectivity index (χ3v) is 5.07. The zero-order chi connectivity index (χ0) is 19.2. The Labute approximate surface area is 162 Å². The maximum atomic E-state index is 12.4. The van der Waals surface area contributed by atoms with Crippen LogP contribution in [0, 0.1) is 0 Å². The normalized spacial score (nSPS) is 11.8. The van der Waals surface area contributed by atoms with Gasteiger partial charge in [0.2, 0.25) is 11.1 Å². The number of rotatable bonds is 7. The van der Waals surface area contributed by atoms with Crippen molar-refractivity contribution in [3.05, 3.63) is 54.1 Å². The van der Waals surface area contributed by atoms with Crippen LogP contribution in [0.4, 0.5) is 5.69 Å². The van der Waals surface area contributed by atoms with Crippen LogP contribution in [0.15, 0.2) is 53.7 Å². The van der Waals surface area contributed by atoms with Crippen molar-refractivity contribution in [2.45, 2.75) is 30.7 Å². The molecule has 1 amide bonds. The molecule has 0 saturated carbocycles. The fourth-order valence-electron chi connectivity index (χ4n) is 2.46. The zero-order valence-corrected chi connectivity index (χ0v) is 16.3. The highest BCUT2D eigenvalue weighted by Crippen LogP contribution is 2.24. The van der Waals surface area contributed by atoms with Gasteiger partial charge in [-0.3, -0.25) is 9.89 Å². The number of nitrogens with zero attached hydrogens (tertiary/aromatic N) is 2. The largest absolute Gasteiger partial charge is 0.497 e. The van der Waals surface area contributed by atoms with Gasteiger partial charge in [-0.15, -0.1) is 5.10 Å². The Morgan fingerprint density at radius 3 is 2.52 bits per heavy atom. The number of aromatic nitrogens is 3. The van der Waals surface area contributed by atoms with E-state index in [2.05, 4.69) is 39.6 Å². The van der Waals surface area contributed by atoms with E-state index in [0.29, 0.717) is 11.0 Å². The Hall–Kier alpha value is -2.80.